The third-order valence-corrected chi connectivity index (χ3v) is 4.64. The Balaban J connectivity index is 2.19. The van der Waals surface area contributed by atoms with Gasteiger partial charge in [-0.1, -0.05) is 38.8 Å². The molecule has 0 heterocycles. The summed E-state index contributed by atoms with van der Waals surface area (Å²) in [6.45, 7) is 3.96. The summed E-state index contributed by atoms with van der Waals surface area (Å²) in [5.41, 5.74) is 0.551. The van der Waals surface area contributed by atoms with Gasteiger partial charge < -0.3 is 10.4 Å². The largest absolute Gasteiger partial charge is 0.479 e. The highest BCUT2D eigenvalue weighted by molar-refractivity contribution is 5.98. The maximum absolute atomic E-state index is 12.4. The standard InChI is InChI=1S/C17H23NO3/c1-3-13-7-9-14(10-8-13)15(19)18-17(16(20)21)11-5-4-6-12(17)2/h7-10,12H,3-6,11H2,1-2H3,(H,18,19)(H,20,21). The topological polar surface area (TPSA) is 66.4 Å². The number of nitrogens with one attached hydrogen (secondary N) is 1. The number of carbonyl (C=O) groups is 2. The third-order valence-electron chi connectivity index (χ3n) is 4.64. The molecule has 114 valence electrons. The fraction of sp³-hybridized carbons (Fsp3) is 0.529. The zero-order chi connectivity index (χ0) is 15.5. The maximum Gasteiger partial charge on any atom is 0.329 e. The molecule has 0 spiro atoms. The Bertz CT molecular complexity index is 523. The van der Waals surface area contributed by atoms with Crippen LogP contribution < -0.4 is 5.32 Å². The van der Waals surface area contributed by atoms with Crippen LogP contribution in [0.5, 0.6) is 0 Å². The summed E-state index contributed by atoms with van der Waals surface area (Å²) in [6, 6.07) is 7.34. The molecule has 1 amide bonds. The van der Waals surface area contributed by atoms with E-state index >= 15 is 0 Å². The molecular weight excluding hydrogens is 266 g/mol. The smallest absolute Gasteiger partial charge is 0.329 e. The van der Waals surface area contributed by atoms with Crippen LogP contribution in [-0.2, 0) is 11.2 Å². The zero-order valence-corrected chi connectivity index (χ0v) is 12.7. The van der Waals surface area contributed by atoms with E-state index in [2.05, 4.69) is 12.2 Å². The molecule has 0 aliphatic heterocycles. The lowest BCUT2D eigenvalue weighted by Gasteiger charge is -2.39. The summed E-state index contributed by atoms with van der Waals surface area (Å²) < 4.78 is 0. The van der Waals surface area contributed by atoms with Crippen LogP contribution >= 0.6 is 0 Å². The summed E-state index contributed by atoms with van der Waals surface area (Å²) in [5.74, 6) is -1.27. The van der Waals surface area contributed by atoms with E-state index in [0.29, 0.717) is 12.0 Å². The molecule has 0 bridgehead atoms. The van der Waals surface area contributed by atoms with Gasteiger partial charge in [-0.2, -0.15) is 0 Å². The van der Waals surface area contributed by atoms with E-state index in [1.807, 2.05) is 19.1 Å². The lowest BCUT2D eigenvalue weighted by Crippen LogP contribution is -2.60. The highest BCUT2D eigenvalue weighted by atomic mass is 16.4. The van der Waals surface area contributed by atoms with Crippen molar-refractivity contribution in [1.29, 1.82) is 0 Å². The molecular formula is C17H23NO3. The first-order valence-corrected chi connectivity index (χ1v) is 7.64. The average Bonchev–Trinajstić information content (AvgIpc) is 2.49. The molecule has 1 aromatic carbocycles. The molecule has 21 heavy (non-hydrogen) atoms. The van der Waals surface area contributed by atoms with E-state index in [4.69, 9.17) is 0 Å². The molecule has 0 radical (unpaired) electrons. The molecule has 4 nitrogen and oxygen atoms in total. The van der Waals surface area contributed by atoms with Crippen molar-refractivity contribution in [3.63, 3.8) is 0 Å². The van der Waals surface area contributed by atoms with Gasteiger partial charge in [0.15, 0.2) is 0 Å². The Morgan fingerprint density at radius 3 is 2.48 bits per heavy atom. The normalized spacial score (nSPS) is 25.3. The highest BCUT2D eigenvalue weighted by Gasteiger charge is 2.46. The predicted octanol–water partition coefficient (Wildman–Crippen LogP) is 3.01. The second-order valence-electron chi connectivity index (χ2n) is 5.93. The van der Waals surface area contributed by atoms with E-state index in [1.165, 1.54) is 0 Å². The molecule has 1 aliphatic carbocycles. The minimum absolute atomic E-state index is 0.0531. The van der Waals surface area contributed by atoms with Crippen LogP contribution in [0.25, 0.3) is 0 Å². The summed E-state index contributed by atoms with van der Waals surface area (Å²) in [7, 11) is 0. The van der Waals surface area contributed by atoms with Gasteiger partial charge in [-0.15, -0.1) is 0 Å². The number of aryl methyl sites for hydroxylation is 1. The minimum atomic E-state index is -1.13. The average molecular weight is 289 g/mol. The summed E-state index contributed by atoms with van der Waals surface area (Å²) in [5, 5.41) is 12.4. The van der Waals surface area contributed by atoms with Crippen molar-refractivity contribution >= 4 is 11.9 Å². The number of carboxylic acid groups (broad SMARTS) is 1. The van der Waals surface area contributed by atoms with Crippen molar-refractivity contribution < 1.29 is 14.7 Å². The summed E-state index contributed by atoms with van der Waals surface area (Å²) in [6.07, 6.45) is 4.12. The predicted molar refractivity (Wildman–Crippen MR) is 81.3 cm³/mol. The van der Waals surface area contributed by atoms with Crippen LogP contribution in [0.2, 0.25) is 0 Å². The van der Waals surface area contributed by atoms with Gasteiger partial charge in [0, 0.05) is 5.56 Å². The van der Waals surface area contributed by atoms with Crippen LogP contribution in [-0.4, -0.2) is 22.5 Å². The van der Waals surface area contributed by atoms with E-state index in [1.54, 1.807) is 12.1 Å². The van der Waals surface area contributed by atoms with E-state index in [0.717, 1.165) is 31.2 Å². The number of aliphatic carboxylic acids is 1. The lowest BCUT2D eigenvalue weighted by atomic mass is 9.73. The number of benzene rings is 1. The maximum atomic E-state index is 12.4. The lowest BCUT2D eigenvalue weighted by molar-refractivity contribution is -0.148. The number of hydrogen-bond donors (Lipinski definition) is 2. The number of hydrogen-bond acceptors (Lipinski definition) is 2. The summed E-state index contributed by atoms with van der Waals surface area (Å²) >= 11 is 0. The van der Waals surface area contributed by atoms with Crippen molar-refractivity contribution in [3.8, 4) is 0 Å². The summed E-state index contributed by atoms with van der Waals surface area (Å²) in [4.78, 5) is 24.1. The van der Waals surface area contributed by atoms with E-state index < -0.39 is 11.5 Å². The molecule has 2 rings (SSSR count). The third kappa shape index (κ3) is 3.09. The quantitative estimate of drug-likeness (QED) is 0.895. The second kappa shape index (κ2) is 6.29. The SMILES string of the molecule is CCc1ccc(C(=O)NC2(C(=O)O)CCCCC2C)cc1. The van der Waals surface area contributed by atoms with Crippen molar-refractivity contribution in [3.05, 3.63) is 35.4 Å². The second-order valence-corrected chi connectivity index (χ2v) is 5.93. The Labute approximate surface area is 125 Å². The van der Waals surface area contributed by atoms with Crippen molar-refractivity contribution in [2.75, 3.05) is 0 Å². The molecule has 2 unspecified atom stereocenters. The molecule has 1 saturated carbocycles. The van der Waals surface area contributed by atoms with Crippen molar-refractivity contribution in [2.24, 2.45) is 5.92 Å². The highest BCUT2D eigenvalue weighted by Crippen LogP contribution is 2.34. The monoisotopic (exact) mass is 289 g/mol. The van der Waals surface area contributed by atoms with E-state index in [-0.39, 0.29) is 11.8 Å². The molecule has 1 aliphatic rings. The Morgan fingerprint density at radius 1 is 1.29 bits per heavy atom. The van der Waals surface area contributed by atoms with Crippen molar-refractivity contribution in [2.45, 2.75) is 51.5 Å². The van der Waals surface area contributed by atoms with Gasteiger partial charge in [-0.3, -0.25) is 4.79 Å². The van der Waals surface area contributed by atoms with Crippen LogP contribution in [0, 0.1) is 5.92 Å². The molecule has 2 atom stereocenters. The number of rotatable bonds is 4. The van der Waals surface area contributed by atoms with Gasteiger partial charge in [-0.25, -0.2) is 4.79 Å². The van der Waals surface area contributed by atoms with Crippen LogP contribution in [0.4, 0.5) is 0 Å². The van der Waals surface area contributed by atoms with Crippen LogP contribution in [0.3, 0.4) is 0 Å². The fourth-order valence-electron chi connectivity index (χ4n) is 3.07. The van der Waals surface area contributed by atoms with Gasteiger partial charge >= 0.3 is 5.97 Å². The van der Waals surface area contributed by atoms with Gasteiger partial charge in [0.25, 0.3) is 5.91 Å². The van der Waals surface area contributed by atoms with Crippen molar-refractivity contribution in [1.82, 2.24) is 5.32 Å². The van der Waals surface area contributed by atoms with E-state index in [9.17, 15) is 14.7 Å². The first-order valence-electron chi connectivity index (χ1n) is 7.64. The number of amides is 1. The number of carboxylic acids is 1. The Morgan fingerprint density at radius 2 is 1.95 bits per heavy atom. The molecule has 1 aromatic rings. The molecule has 1 fully saturated rings. The molecule has 4 heteroatoms. The van der Waals surface area contributed by atoms with Gasteiger partial charge in [-0.05, 0) is 42.9 Å². The van der Waals surface area contributed by atoms with Crippen LogP contribution in [0.1, 0.15) is 55.5 Å². The number of carbonyl (C=O) groups excluding carboxylic acids is 1. The van der Waals surface area contributed by atoms with Gasteiger partial charge in [0.1, 0.15) is 5.54 Å². The van der Waals surface area contributed by atoms with Gasteiger partial charge in [0.05, 0.1) is 0 Å². The Hall–Kier alpha value is -1.84. The van der Waals surface area contributed by atoms with Crippen LogP contribution in [0.15, 0.2) is 24.3 Å². The molecule has 0 aromatic heterocycles. The Kier molecular flexibility index (Phi) is 4.66. The fourth-order valence-corrected chi connectivity index (χ4v) is 3.07. The first-order chi connectivity index (χ1) is 9.99. The zero-order valence-electron chi connectivity index (χ0n) is 12.7. The molecule has 0 saturated heterocycles. The minimum Gasteiger partial charge on any atom is -0.479 e. The molecule has 2 N–H and O–H groups in total. The first kappa shape index (κ1) is 15.5. The van der Waals surface area contributed by atoms with Gasteiger partial charge in [0.2, 0.25) is 0 Å².